The lowest BCUT2D eigenvalue weighted by molar-refractivity contribution is -0.144. The molecular weight excluding hydrogens is 360 g/mol. The standard InChI is InChI=1S/C21H30N2O5/c1-5-10-26-16-11-17(12-16)27-15-6-8-23(9-7-15)19-13-18(28-22-19)20(14(2)3)21(24)25-4/h1,13-17,20H,6-12H2,2-4H3/t16-,17-,20?. The fraction of sp³-hybridized carbons (Fsp3) is 0.714. The lowest BCUT2D eigenvalue weighted by Crippen LogP contribution is -2.43. The zero-order valence-electron chi connectivity index (χ0n) is 16.9. The number of aromatic nitrogens is 1. The summed E-state index contributed by atoms with van der Waals surface area (Å²) >= 11 is 0. The number of carbonyl (C=O) groups excluding carboxylic acids is 1. The molecule has 2 aliphatic rings. The molecule has 0 N–H and O–H groups in total. The van der Waals surface area contributed by atoms with Gasteiger partial charge in [-0.2, -0.15) is 0 Å². The molecule has 0 aromatic carbocycles. The van der Waals surface area contributed by atoms with Gasteiger partial charge in [0.15, 0.2) is 11.6 Å². The zero-order chi connectivity index (χ0) is 20.1. The molecule has 0 spiro atoms. The highest BCUT2D eigenvalue weighted by Gasteiger charge is 2.34. The molecule has 1 aromatic heterocycles. The number of esters is 1. The molecule has 154 valence electrons. The number of nitrogens with zero attached hydrogens (tertiary/aromatic N) is 2. The van der Waals surface area contributed by atoms with Crippen molar-refractivity contribution in [3.05, 3.63) is 11.8 Å². The smallest absolute Gasteiger partial charge is 0.316 e. The van der Waals surface area contributed by atoms with Crippen molar-refractivity contribution in [2.24, 2.45) is 5.92 Å². The van der Waals surface area contributed by atoms with Gasteiger partial charge in [0.1, 0.15) is 12.5 Å². The van der Waals surface area contributed by atoms with Gasteiger partial charge in [-0.25, -0.2) is 0 Å². The molecule has 1 saturated heterocycles. The highest BCUT2D eigenvalue weighted by atomic mass is 16.5. The Morgan fingerprint density at radius 3 is 2.64 bits per heavy atom. The fourth-order valence-corrected chi connectivity index (χ4v) is 3.84. The summed E-state index contributed by atoms with van der Waals surface area (Å²) in [5.74, 6) is 3.17. The summed E-state index contributed by atoms with van der Waals surface area (Å²) in [4.78, 5) is 14.2. The predicted molar refractivity (Wildman–Crippen MR) is 104 cm³/mol. The third-order valence-electron chi connectivity index (χ3n) is 5.55. The number of carbonyl (C=O) groups is 1. The van der Waals surface area contributed by atoms with E-state index in [2.05, 4.69) is 16.0 Å². The van der Waals surface area contributed by atoms with Gasteiger partial charge in [0.25, 0.3) is 0 Å². The quantitative estimate of drug-likeness (QED) is 0.499. The normalized spacial score (nSPS) is 23.9. The highest BCUT2D eigenvalue weighted by molar-refractivity contribution is 5.77. The van der Waals surface area contributed by atoms with Crippen molar-refractivity contribution in [1.82, 2.24) is 5.16 Å². The van der Waals surface area contributed by atoms with Crippen molar-refractivity contribution < 1.29 is 23.5 Å². The first-order valence-electron chi connectivity index (χ1n) is 10.0. The van der Waals surface area contributed by atoms with Gasteiger partial charge in [-0.3, -0.25) is 4.79 Å². The molecule has 1 aromatic rings. The molecule has 3 rings (SSSR count). The summed E-state index contributed by atoms with van der Waals surface area (Å²) in [7, 11) is 1.39. The first-order chi connectivity index (χ1) is 13.5. The van der Waals surface area contributed by atoms with Crippen molar-refractivity contribution in [3.63, 3.8) is 0 Å². The number of piperidine rings is 1. The van der Waals surface area contributed by atoms with Crippen molar-refractivity contribution in [1.29, 1.82) is 0 Å². The van der Waals surface area contributed by atoms with Gasteiger partial charge >= 0.3 is 5.97 Å². The van der Waals surface area contributed by atoms with Crippen LogP contribution in [0.25, 0.3) is 0 Å². The third-order valence-corrected chi connectivity index (χ3v) is 5.55. The number of terminal acetylenes is 1. The van der Waals surface area contributed by atoms with E-state index in [1.54, 1.807) is 0 Å². The SMILES string of the molecule is C#CCO[C@H]1C[C@H](OC2CCN(c3cc(C(C(=O)OC)C(C)C)on3)CC2)C1. The summed E-state index contributed by atoms with van der Waals surface area (Å²) in [5, 5.41) is 4.18. The number of methoxy groups -OCH3 is 1. The summed E-state index contributed by atoms with van der Waals surface area (Å²) in [6, 6.07) is 1.86. The minimum atomic E-state index is -0.435. The Hall–Kier alpha value is -2.04. The van der Waals surface area contributed by atoms with Crippen LogP contribution in [0.15, 0.2) is 10.6 Å². The maximum absolute atomic E-state index is 12.0. The van der Waals surface area contributed by atoms with Crippen LogP contribution in [0.4, 0.5) is 5.82 Å². The Bertz CT molecular complexity index is 681. The number of ether oxygens (including phenoxy) is 3. The molecule has 1 saturated carbocycles. The Morgan fingerprint density at radius 1 is 1.32 bits per heavy atom. The molecule has 0 radical (unpaired) electrons. The van der Waals surface area contributed by atoms with E-state index in [1.165, 1.54) is 7.11 Å². The zero-order valence-corrected chi connectivity index (χ0v) is 16.9. The molecule has 28 heavy (non-hydrogen) atoms. The van der Waals surface area contributed by atoms with Crippen LogP contribution in [0.2, 0.25) is 0 Å². The number of hydrogen-bond acceptors (Lipinski definition) is 7. The first-order valence-corrected chi connectivity index (χ1v) is 10.0. The Labute approximate surface area is 166 Å². The minimum Gasteiger partial charge on any atom is -0.468 e. The van der Waals surface area contributed by atoms with Crippen molar-refractivity contribution in [2.45, 2.75) is 63.8 Å². The number of anilines is 1. The minimum absolute atomic E-state index is 0.0725. The molecule has 2 heterocycles. The van der Waals surface area contributed by atoms with Crippen LogP contribution in [0, 0.1) is 18.3 Å². The summed E-state index contributed by atoms with van der Waals surface area (Å²) < 4.78 is 22.1. The van der Waals surface area contributed by atoms with Gasteiger partial charge in [0, 0.05) is 32.0 Å². The maximum Gasteiger partial charge on any atom is 0.316 e. The summed E-state index contributed by atoms with van der Waals surface area (Å²) in [6.45, 7) is 6.02. The van der Waals surface area contributed by atoms with E-state index < -0.39 is 5.92 Å². The number of hydrogen-bond donors (Lipinski definition) is 0. The molecule has 7 heteroatoms. The van der Waals surface area contributed by atoms with Crippen LogP contribution < -0.4 is 4.90 Å². The van der Waals surface area contributed by atoms with E-state index in [0.717, 1.165) is 44.6 Å². The Morgan fingerprint density at radius 2 is 2.04 bits per heavy atom. The average Bonchev–Trinajstić information content (AvgIpc) is 3.13. The molecule has 7 nitrogen and oxygen atoms in total. The van der Waals surface area contributed by atoms with E-state index in [9.17, 15) is 4.79 Å². The van der Waals surface area contributed by atoms with Crippen LogP contribution in [-0.4, -0.2) is 56.2 Å². The van der Waals surface area contributed by atoms with E-state index in [4.69, 9.17) is 25.2 Å². The van der Waals surface area contributed by atoms with Crippen LogP contribution >= 0.6 is 0 Å². The molecular formula is C21H30N2O5. The molecule has 1 atom stereocenters. The van der Waals surface area contributed by atoms with Crippen molar-refractivity contribution in [3.8, 4) is 12.3 Å². The second kappa shape index (κ2) is 9.44. The summed E-state index contributed by atoms with van der Waals surface area (Å²) in [6.07, 6.45) is 9.75. The topological polar surface area (TPSA) is 74.0 Å². The first kappa shape index (κ1) is 20.7. The molecule has 1 unspecified atom stereocenters. The molecule has 2 fully saturated rings. The predicted octanol–water partition coefficient (Wildman–Crippen LogP) is 2.75. The van der Waals surface area contributed by atoms with E-state index in [1.807, 2.05) is 19.9 Å². The molecule has 0 amide bonds. The van der Waals surface area contributed by atoms with Crippen LogP contribution in [0.5, 0.6) is 0 Å². The molecule has 1 aliphatic carbocycles. The van der Waals surface area contributed by atoms with Gasteiger partial charge in [-0.15, -0.1) is 6.42 Å². The van der Waals surface area contributed by atoms with E-state index in [0.29, 0.717) is 12.4 Å². The van der Waals surface area contributed by atoms with Crippen LogP contribution in [-0.2, 0) is 19.0 Å². The monoisotopic (exact) mass is 390 g/mol. The lowest BCUT2D eigenvalue weighted by atomic mass is 9.91. The Balaban J connectivity index is 1.46. The second-order valence-electron chi connectivity index (χ2n) is 7.89. The molecule has 0 bridgehead atoms. The molecule has 1 aliphatic heterocycles. The second-order valence-corrected chi connectivity index (χ2v) is 7.89. The largest absolute Gasteiger partial charge is 0.468 e. The van der Waals surface area contributed by atoms with Crippen molar-refractivity contribution >= 4 is 11.8 Å². The van der Waals surface area contributed by atoms with E-state index in [-0.39, 0.29) is 30.2 Å². The van der Waals surface area contributed by atoms with Gasteiger partial charge in [0.2, 0.25) is 0 Å². The highest BCUT2D eigenvalue weighted by Crippen LogP contribution is 2.32. The summed E-state index contributed by atoms with van der Waals surface area (Å²) in [5.41, 5.74) is 0. The van der Waals surface area contributed by atoms with Gasteiger partial charge in [0.05, 0.1) is 25.4 Å². The van der Waals surface area contributed by atoms with Crippen molar-refractivity contribution in [2.75, 3.05) is 31.7 Å². The fourth-order valence-electron chi connectivity index (χ4n) is 3.84. The van der Waals surface area contributed by atoms with Gasteiger partial charge < -0.3 is 23.6 Å². The van der Waals surface area contributed by atoms with Gasteiger partial charge in [-0.1, -0.05) is 24.9 Å². The Kier molecular flexibility index (Phi) is 6.97. The van der Waals surface area contributed by atoms with Crippen LogP contribution in [0.3, 0.4) is 0 Å². The lowest BCUT2D eigenvalue weighted by Gasteiger charge is -2.39. The van der Waals surface area contributed by atoms with Gasteiger partial charge in [-0.05, 0) is 18.8 Å². The maximum atomic E-state index is 12.0. The average molecular weight is 390 g/mol. The third kappa shape index (κ3) is 4.86. The number of rotatable bonds is 8. The van der Waals surface area contributed by atoms with Crippen LogP contribution in [0.1, 0.15) is 51.2 Å². The van der Waals surface area contributed by atoms with E-state index >= 15 is 0 Å².